The van der Waals surface area contributed by atoms with E-state index in [1.807, 2.05) is 30.3 Å². The molecule has 0 saturated carbocycles. The maximum absolute atomic E-state index is 12.4. The first-order chi connectivity index (χ1) is 14.1. The molecule has 4 heteroatoms. The fourth-order valence-corrected chi connectivity index (χ4v) is 3.83. The summed E-state index contributed by atoms with van der Waals surface area (Å²) < 4.78 is 5.88. The van der Waals surface area contributed by atoms with Crippen molar-refractivity contribution in [3.05, 3.63) is 65.2 Å². The van der Waals surface area contributed by atoms with Crippen LogP contribution in [0, 0.1) is 0 Å². The normalized spacial score (nSPS) is 15.1. The first kappa shape index (κ1) is 21.4. The third-order valence-electron chi connectivity index (χ3n) is 5.51. The molecular formula is C25H34N2O2. The summed E-state index contributed by atoms with van der Waals surface area (Å²) in [6.45, 7) is 8.60. The summed E-state index contributed by atoms with van der Waals surface area (Å²) in [5.41, 5.74) is 3.17. The van der Waals surface area contributed by atoms with Gasteiger partial charge in [-0.25, -0.2) is 0 Å². The van der Waals surface area contributed by atoms with Gasteiger partial charge in [-0.15, -0.1) is 0 Å². The molecule has 4 nitrogen and oxygen atoms in total. The van der Waals surface area contributed by atoms with Gasteiger partial charge in [-0.1, -0.05) is 57.0 Å². The molecule has 3 rings (SSSR count). The zero-order chi connectivity index (χ0) is 20.5. The number of ether oxygens (including phenoxy) is 1. The SMILES string of the molecule is CC(C)c1ccccc1OCCNC(=O)c1ccc(CN2CCCCCC2)cc1. The second kappa shape index (κ2) is 11.0. The highest BCUT2D eigenvalue weighted by Gasteiger charge is 2.11. The third kappa shape index (κ3) is 6.60. The number of carbonyl (C=O) groups is 1. The highest BCUT2D eigenvalue weighted by molar-refractivity contribution is 5.94. The molecule has 1 heterocycles. The molecule has 0 unspecified atom stereocenters. The predicted molar refractivity (Wildman–Crippen MR) is 119 cm³/mol. The summed E-state index contributed by atoms with van der Waals surface area (Å²) >= 11 is 0. The van der Waals surface area contributed by atoms with Gasteiger partial charge in [-0.05, 0) is 61.2 Å². The van der Waals surface area contributed by atoms with Gasteiger partial charge in [-0.3, -0.25) is 9.69 Å². The minimum Gasteiger partial charge on any atom is -0.491 e. The Morgan fingerprint density at radius 1 is 1.00 bits per heavy atom. The Morgan fingerprint density at radius 2 is 1.69 bits per heavy atom. The Morgan fingerprint density at radius 3 is 2.38 bits per heavy atom. The number of hydrogen-bond acceptors (Lipinski definition) is 3. The van der Waals surface area contributed by atoms with Gasteiger partial charge in [-0.2, -0.15) is 0 Å². The van der Waals surface area contributed by atoms with Crippen molar-refractivity contribution in [3.63, 3.8) is 0 Å². The van der Waals surface area contributed by atoms with E-state index in [-0.39, 0.29) is 5.91 Å². The molecule has 0 aromatic heterocycles. The van der Waals surface area contributed by atoms with E-state index in [0.717, 1.165) is 12.3 Å². The van der Waals surface area contributed by atoms with Gasteiger partial charge >= 0.3 is 0 Å². The van der Waals surface area contributed by atoms with Crippen molar-refractivity contribution in [2.75, 3.05) is 26.2 Å². The van der Waals surface area contributed by atoms with Crippen LogP contribution in [0.1, 0.15) is 66.9 Å². The lowest BCUT2D eigenvalue weighted by Crippen LogP contribution is -2.28. The van der Waals surface area contributed by atoms with Crippen molar-refractivity contribution in [1.82, 2.24) is 10.2 Å². The number of rotatable bonds is 8. The van der Waals surface area contributed by atoms with Gasteiger partial charge in [0, 0.05) is 12.1 Å². The summed E-state index contributed by atoms with van der Waals surface area (Å²) in [5, 5.41) is 2.95. The standard InChI is InChI=1S/C25H34N2O2/c1-20(2)23-9-5-6-10-24(23)29-18-15-26-25(28)22-13-11-21(12-14-22)19-27-16-7-3-4-8-17-27/h5-6,9-14,20H,3-4,7-8,15-19H2,1-2H3,(H,26,28). The third-order valence-corrected chi connectivity index (χ3v) is 5.51. The predicted octanol–water partition coefficient (Wildman–Crippen LogP) is 4.99. The van der Waals surface area contributed by atoms with Crippen molar-refractivity contribution >= 4 is 5.91 Å². The summed E-state index contributed by atoms with van der Waals surface area (Å²) in [6.07, 6.45) is 5.29. The maximum Gasteiger partial charge on any atom is 0.251 e. The number of benzene rings is 2. The Hall–Kier alpha value is -2.33. The fourth-order valence-electron chi connectivity index (χ4n) is 3.83. The number of hydrogen-bond donors (Lipinski definition) is 1. The minimum absolute atomic E-state index is 0.0490. The molecule has 1 aliphatic heterocycles. The van der Waals surface area contributed by atoms with Gasteiger partial charge in [0.25, 0.3) is 5.91 Å². The molecular weight excluding hydrogens is 360 g/mol. The van der Waals surface area contributed by atoms with Crippen molar-refractivity contribution in [2.45, 2.75) is 52.0 Å². The molecule has 0 aliphatic carbocycles. The van der Waals surface area contributed by atoms with Crippen LogP contribution >= 0.6 is 0 Å². The van der Waals surface area contributed by atoms with Crippen LogP contribution in [-0.2, 0) is 6.54 Å². The zero-order valence-corrected chi connectivity index (χ0v) is 17.8. The van der Waals surface area contributed by atoms with Crippen LogP contribution in [0.15, 0.2) is 48.5 Å². The summed E-state index contributed by atoms with van der Waals surface area (Å²) in [7, 11) is 0. The molecule has 1 saturated heterocycles. The molecule has 0 bridgehead atoms. The quantitative estimate of drug-likeness (QED) is 0.641. The van der Waals surface area contributed by atoms with E-state index in [0.29, 0.717) is 24.6 Å². The maximum atomic E-state index is 12.4. The molecule has 1 aliphatic rings. The van der Waals surface area contributed by atoms with Crippen LogP contribution in [0.3, 0.4) is 0 Å². The smallest absolute Gasteiger partial charge is 0.251 e. The van der Waals surface area contributed by atoms with Crippen molar-refractivity contribution in [3.8, 4) is 5.75 Å². The monoisotopic (exact) mass is 394 g/mol. The molecule has 29 heavy (non-hydrogen) atoms. The van der Waals surface area contributed by atoms with Crippen LogP contribution in [0.5, 0.6) is 5.75 Å². The van der Waals surface area contributed by atoms with E-state index in [9.17, 15) is 4.79 Å². The van der Waals surface area contributed by atoms with Gasteiger partial charge < -0.3 is 10.1 Å². The molecule has 1 fully saturated rings. The molecule has 0 atom stereocenters. The Balaban J connectivity index is 1.44. The lowest BCUT2D eigenvalue weighted by atomic mass is 10.0. The molecule has 2 aromatic carbocycles. The lowest BCUT2D eigenvalue weighted by Gasteiger charge is -2.19. The van der Waals surface area contributed by atoms with Gasteiger partial charge in [0.05, 0.1) is 6.54 Å². The van der Waals surface area contributed by atoms with E-state index < -0.39 is 0 Å². The highest BCUT2D eigenvalue weighted by atomic mass is 16.5. The molecule has 156 valence electrons. The van der Waals surface area contributed by atoms with Gasteiger partial charge in [0.15, 0.2) is 0 Å². The van der Waals surface area contributed by atoms with Crippen LogP contribution in [0.2, 0.25) is 0 Å². The first-order valence-electron chi connectivity index (χ1n) is 10.9. The van der Waals surface area contributed by atoms with Gasteiger partial charge in [0.2, 0.25) is 0 Å². The molecule has 1 amide bonds. The number of para-hydroxylation sites is 1. The Labute approximate surface area is 175 Å². The number of nitrogens with one attached hydrogen (secondary N) is 1. The van der Waals surface area contributed by atoms with Gasteiger partial charge in [0.1, 0.15) is 12.4 Å². The Kier molecular flexibility index (Phi) is 8.12. The molecule has 1 N–H and O–H groups in total. The fraction of sp³-hybridized carbons (Fsp3) is 0.480. The van der Waals surface area contributed by atoms with E-state index in [1.54, 1.807) is 0 Å². The van der Waals surface area contributed by atoms with Crippen LogP contribution < -0.4 is 10.1 Å². The van der Waals surface area contributed by atoms with Crippen molar-refractivity contribution in [1.29, 1.82) is 0 Å². The summed E-state index contributed by atoms with van der Waals surface area (Å²) in [5.74, 6) is 1.26. The number of amides is 1. The van der Waals surface area contributed by atoms with Crippen molar-refractivity contribution in [2.24, 2.45) is 0 Å². The molecule has 0 radical (unpaired) electrons. The second-order valence-corrected chi connectivity index (χ2v) is 8.18. The molecule has 2 aromatic rings. The summed E-state index contributed by atoms with van der Waals surface area (Å²) in [6, 6.07) is 16.1. The molecule has 0 spiro atoms. The number of likely N-dealkylation sites (tertiary alicyclic amines) is 1. The van der Waals surface area contributed by atoms with E-state index in [1.165, 1.54) is 49.9 Å². The van der Waals surface area contributed by atoms with E-state index >= 15 is 0 Å². The number of carbonyl (C=O) groups excluding carboxylic acids is 1. The minimum atomic E-state index is -0.0490. The zero-order valence-electron chi connectivity index (χ0n) is 17.8. The largest absolute Gasteiger partial charge is 0.491 e. The summed E-state index contributed by atoms with van der Waals surface area (Å²) in [4.78, 5) is 14.9. The first-order valence-corrected chi connectivity index (χ1v) is 10.9. The second-order valence-electron chi connectivity index (χ2n) is 8.18. The van der Waals surface area contributed by atoms with E-state index in [4.69, 9.17) is 4.74 Å². The topological polar surface area (TPSA) is 41.6 Å². The Bertz CT molecular complexity index is 763. The highest BCUT2D eigenvalue weighted by Crippen LogP contribution is 2.25. The van der Waals surface area contributed by atoms with E-state index in [2.05, 4.69) is 42.3 Å². The van der Waals surface area contributed by atoms with Crippen molar-refractivity contribution < 1.29 is 9.53 Å². The lowest BCUT2D eigenvalue weighted by molar-refractivity contribution is 0.0947. The van der Waals surface area contributed by atoms with Crippen LogP contribution in [0.25, 0.3) is 0 Å². The van der Waals surface area contributed by atoms with Crippen LogP contribution in [0.4, 0.5) is 0 Å². The number of nitrogens with zero attached hydrogens (tertiary/aromatic N) is 1. The average molecular weight is 395 g/mol. The average Bonchev–Trinajstić information content (AvgIpc) is 3.00. The van der Waals surface area contributed by atoms with Crippen LogP contribution in [-0.4, -0.2) is 37.0 Å².